The first-order chi connectivity index (χ1) is 20.5. The summed E-state index contributed by atoms with van der Waals surface area (Å²) in [7, 11) is 0. The lowest BCUT2D eigenvalue weighted by Crippen LogP contribution is -2.44. The molecule has 12 heteroatoms. The largest absolute Gasteiger partial charge is 0.489 e. The molecule has 0 bridgehead atoms. The first kappa shape index (κ1) is 28.1. The molecule has 3 heterocycles. The second-order valence-electron chi connectivity index (χ2n) is 11.9. The zero-order valence-electron chi connectivity index (χ0n) is 23.2. The number of nitrogens with zero attached hydrogens (tertiary/aromatic N) is 3. The second kappa shape index (κ2) is 9.90. The fourth-order valence-electron chi connectivity index (χ4n) is 5.77. The molecule has 4 N–H and O–H groups in total. The maximum atomic E-state index is 14.5. The van der Waals surface area contributed by atoms with Gasteiger partial charge in [-0.05, 0) is 62.8 Å². The minimum Gasteiger partial charge on any atom is -0.489 e. The quantitative estimate of drug-likeness (QED) is 0.252. The molecule has 2 aromatic heterocycles. The van der Waals surface area contributed by atoms with Crippen LogP contribution < -0.4 is 15.8 Å². The van der Waals surface area contributed by atoms with Gasteiger partial charge in [-0.3, -0.25) is 14.3 Å². The zero-order valence-corrected chi connectivity index (χ0v) is 24.7. The average Bonchev–Trinajstić information content (AvgIpc) is 3.93. The molecule has 1 unspecified atom stereocenters. The summed E-state index contributed by atoms with van der Waals surface area (Å²) in [6.45, 7) is 1.41. The molecule has 0 spiro atoms. The van der Waals surface area contributed by atoms with Crippen LogP contribution in [0.5, 0.6) is 5.75 Å². The van der Waals surface area contributed by atoms with Crippen LogP contribution in [0.2, 0.25) is 10.0 Å². The zero-order chi connectivity index (χ0) is 30.3. The van der Waals surface area contributed by atoms with Crippen molar-refractivity contribution in [3.05, 3.63) is 75.3 Å². The Morgan fingerprint density at radius 1 is 1.23 bits per heavy atom. The van der Waals surface area contributed by atoms with Crippen LogP contribution in [0, 0.1) is 11.7 Å². The second-order valence-corrected chi connectivity index (χ2v) is 12.7. The van der Waals surface area contributed by atoms with Crippen LogP contribution >= 0.6 is 23.2 Å². The van der Waals surface area contributed by atoms with Crippen molar-refractivity contribution in [2.24, 2.45) is 11.7 Å². The summed E-state index contributed by atoms with van der Waals surface area (Å²) in [5.41, 5.74) is 4.93. The number of pyridine rings is 1. The van der Waals surface area contributed by atoms with E-state index in [1.165, 1.54) is 12.1 Å². The standard InChI is InChI=1S/C31H28Cl2FN5O4/c1-30(29(35)41)14-43-27-20(30)11-23(37-26(27)19-3-2-4-22(34)24(19)33)31(42,17-5-6-17)13-36-28(40)15-9-16-12-39(18-7-8-18)38-25(16)21(32)10-15/h2-4,9-12,17-18,42H,5-8,13-14H2,1H3,(H2,35,41)(H,36,40)/t30-,31?/m0/s1. The number of fused-ring (bicyclic) bond motifs is 2. The van der Waals surface area contributed by atoms with E-state index in [0.717, 1.165) is 18.2 Å². The lowest BCUT2D eigenvalue weighted by Gasteiger charge is -2.30. The van der Waals surface area contributed by atoms with E-state index in [1.807, 2.05) is 10.9 Å². The van der Waals surface area contributed by atoms with Gasteiger partial charge in [-0.2, -0.15) is 5.10 Å². The topological polar surface area (TPSA) is 132 Å². The molecule has 0 radical (unpaired) electrons. The normalized spacial score (nSPS) is 20.9. The number of hydrogen-bond donors (Lipinski definition) is 3. The van der Waals surface area contributed by atoms with Crippen LogP contribution in [0.3, 0.4) is 0 Å². The lowest BCUT2D eigenvalue weighted by atomic mass is 9.81. The molecule has 9 nitrogen and oxygen atoms in total. The number of nitrogens with one attached hydrogen (secondary N) is 1. The van der Waals surface area contributed by atoms with Gasteiger partial charge in [0.05, 0.1) is 28.3 Å². The lowest BCUT2D eigenvalue weighted by molar-refractivity contribution is -0.123. The van der Waals surface area contributed by atoms with E-state index >= 15 is 0 Å². The molecule has 4 aromatic rings. The molecule has 3 aliphatic rings. The van der Waals surface area contributed by atoms with Crippen LogP contribution in [0.25, 0.3) is 22.2 Å². The molecule has 2 amide bonds. The predicted molar refractivity (Wildman–Crippen MR) is 159 cm³/mol. The summed E-state index contributed by atoms with van der Waals surface area (Å²) >= 11 is 12.8. The number of amides is 2. The molecular weight excluding hydrogens is 596 g/mol. The number of hydrogen-bond acceptors (Lipinski definition) is 6. The van der Waals surface area contributed by atoms with E-state index in [1.54, 1.807) is 31.2 Å². The van der Waals surface area contributed by atoms with Crippen LogP contribution in [-0.4, -0.2) is 44.8 Å². The molecule has 7 rings (SSSR count). The molecule has 2 fully saturated rings. The molecule has 2 atom stereocenters. The minimum atomic E-state index is -1.62. The number of aromatic nitrogens is 3. The molecule has 43 heavy (non-hydrogen) atoms. The summed E-state index contributed by atoms with van der Waals surface area (Å²) in [6, 6.07) is 9.56. The monoisotopic (exact) mass is 623 g/mol. The van der Waals surface area contributed by atoms with E-state index in [-0.39, 0.29) is 46.8 Å². The number of halogens is 3. The van der Waals surface area contributed by atoms with Gasteiger partial charge in [0.25, 0.3) is 5.91 Å². The van der Waals surface area contributed by atoms with Crippen LogP contribution in [0.15, 0.2) is 42.6 Å². The minimum absolute atomic E-state index is 0.0537. The highest BCUT2D eigenvalue weighted by atomic mass is 35.5. The van der Waals surface area contributed by atoms with Crippen LogP contribution in [0.1, 0.15) is 60.3 Å². The predicted octanol–water partition coefficient (Wildman–Crippen LogP) is 5.04. The fourth-order valence-corrected chi connectivity index (χ4v) is 6.25. The van der Waals surface area contributed by atoms with E-state index in [4.69, 9.17) is 38.7 Å². The van der Waals surface area contributed by atoms with E-state index < -0.39 is 28.6 Å². The fraction of sp³-hybridized carbons (Fsp3) is 0.355. The van der Waals surface area contributed by atoms with Crippen molar-refractivity contribution in [2.45, 2.75) is 49.7 Å². The van der Waals surface area contributed by atoms with Crippen molar-refractivity contribution in [1.29, 1.82) is 0 Å². The van der Waals surface area contributed by atoms with Crippen molar-refractivity contribution in [2.75, 3.05) is 13.2 Å². The maximum absolute atomic E-state index is 14.5. The van der Waals surface area contributed by atoms with Gasteiger partial charge < -0.3 is 20.9 Å². The average molecular weight is 625 g/mol. The number of primary amides is 1. The van der Waals surface area contributed by atoms with Crippen molar-refractivity contribution >= 4 is 45.9 Å². The Morgan fingerprint density at radius 2 is 2.00 bits per heavy atom. The number of aliphatic hydroxyl groups is 1. The highest BCUT2D eigenvalue weighted by molar-refractivity contribution is 6.35. The van der Waals surface area contributed by atoms with Gasteiger partial charge in [0.15, 0.2) is 0 Å². The highest BCUT2D eigenvalue weighted by Gasteiger charge is 2.50. The van der Waals surface area contributed by atoms with Crippen molar-refractivity contribution < 1.29 is 23.8 Å². The summed E-state index contributed by atoms with van der Waals surface area (Å²) in [6.07, 6.45) is 5.41. The molecular formula is C31H28Cl2FN5O4. The molecule has 222 valence electrons. The molecule has 2 saturated carbocycles. The number of nitrogens with two attached hydrogens (primary N) is 1. The third-order valence-electron chi connectivity index (χ3n) is 8.80. The number of carbonyl (C=O) groups is 2. The van der Waals surface area contributed by atoms with Gasteiger partial charge in [0.2, 0.25) is 5.91 Å². The Labute approximate surface area is 256 Å². The van der Waals surface area contributed by atoms with Gasteiger partial charge in [0, 0.05) is 28.3 Å². The third-order valence-corrected chi connectivity index (χ3v) is 9.47. The van der Waals surface area contributed by atoms with Crippen LogP contribution in [-0.2, 0) is 15.8 Å². The van der Waals surface area contributed by atoms with E-state index in [2.05, 4.69) is 10.4 Å². The Kier molecular flexibility index (Phi) is 6.46. The Hall–Kier alpha value is -3.73. The molecule has 1 aliphatic heterocycles. The number of carbonyl (C=O) groups excluding carboxylic acids is 2. The summed E-state index contributed by atoms with van der Waals surface area (Å²) < 4.78 is 22.3. The maximum Gasteiger partial charge on any atom is 0.251 e. The smallest absolute Gasteiger partial charge is 0.251 e. The number of rotatable bonds is 8. The van der Waals surface area contributed by atoms with E-state index in [9.17, 15) is 19.1 Å². The Balaban J connectivity index is 1.26. The van der Waals surface area contributed by atoms with Gasteiger partial charge >= 0.3 is 0 Å². The molecule has 2 aliphatic carbocycles. The summed E-state index contributed by atoms with van der Waals surface area (Å²) in [5.74, 6) is -1.69. The van der Waals surface area contributed by atoms with Gasteiger partial charge in [-0.25, -0.2) is 9.37 Å². The molecule has 0 saturated heterocycles. The summed E-state index contributed by atoms with van der Waals surface area (Å²) in [5, 5.41) is 20.5. The Morgan fingerprint density at radius 3 is 2.70 bits per heavy atom. The van der Waals surface area contributed by atoms with Crippen molar-refractivity contribution in [3.63, 3.8) is 0 Å². The number of benzene rings is 2. The SMILES string of the molecule is C[C@]1(C(N)=O)COc2c1cc(C(O)(CNC(=O)c1cc(Cl)c3nn(C4CC4)cc3c1)C1CC1)nc2-c1cccc(F)c1Cl. The van der Waals surface area contributed by atoms with Gasteiger partial charge in [-0.1, -0.05) is 35.3 Å². The van der Waals surface area contributed by atoms with Gasteiger partial charge in [-0.15, -0.1) is 0 Å². The van der Waals surface area contributed by atoms with Crippen LogP contribution in [0.4, 0.5) is 4.39 Å². The first-order valence-corrected chi connectivity index (χ1v) is 14.9. The summed E-state index contributed by atoms with van der Waals surface area (Å²) in [4.78, 5) is 30.7. The third kappa shape index (κ3) is 4.63. The molecule has 2 aromatic carbocycles. The van der Waals surface area contributed by atoms with E-state index in [0.29, 0.717) is 40.5 Å². The van der Waals surface area contributed by atoms with Gasteiger partial charge in [0.1, 0.15) is 40.4 Å². The number of ether oxygens (including phenoxy) is 1. The highest BCUT2D eigenvalue weighted by Crippen LogP contribution is 2.50. The van der Waals surface area contributed by atoms with Crippen molar-refractivity contribution in [3.8, 4) is 17.0 Å². The Bertz CT molecular complexity index is 1840. The van der Waals surface area contributed by atoms with Crippen molar-refractivity contribution in [1.82, 2.24) is 20.1 Å². The first-order valence-electron chi connectivity index (χ1n) is 14.1.